The lowest BCUT2D eigenvalue weighted by molar-refractivity contribution is -0.139. The maximum atomic E-state index is 13.2. The van der Waals surface area contributed by atoms with Crippen molar-refractivity contribution < 1.29 is 22.7 Å². The number of sulfonamides is 1. The number of nitrogens with zero attached hydrogens (tertiary/aromatic N) is 1. The van der Waals surface area contributed by atoms with E-state index in [2.05, 4.69) is 41.9 Å². The Hall–Kier alpha value is -2.80. The van der Waals surface area contributed by atoms with Crippen molar-refractivity contribution >= 4 is 76.8 Å². The van der Waals surface area contributed by atoms with Gasteiger partial charge in [0.15, 0.2) is 0 Å². The van der Waals surface area contributed by atoms with E-state index in [1.54, 1.807) is 62.4 Å². The molecule has 0 fully saturated rings. The fourth-order valence-electron chi connectivity index (χ4n) is 3.66. The number of rotatable bonds is 9. The molecule has 3 aromatic carbocycles. The van der Waals surface area contributed by atoms with Crippen molar-refractivity contribution in [2.24, 2.45) is 0 Å². The van der Waals surface area contributed by atoms with Crippen molar-refractivity contribution in [1.82, 2.24) is 4.90 Å². The van der Waals surface area contributed by atoms with Crippen LogP contribution < -0.4 is 14.8 Å². The number of methoxy groups -OCH3 is 1. The molecule has 2 N–H and O–H groups in total. The highest BCUT2D eigenvalue weighted by molar-refractivity contribution is 9.10. The Balaban J connectivity index is 1.59. The number of nitrogens with one attached hydrogen (secondary N) is 2. The molecular weight excluding hydrogens is 658 g/mol. The van der Waals surface area contributed by atoms with Crippen LogP contribution in [0, 0.1) is 0 Å². The zero-order chi connectivity index (χ0) is 27.6. The second-order valence-corrected chi connectivity index (χ2v) is 13.0. The van der Waals surface area contributed by atoms with Crippen LogP contribution >= 0.6 is 43.6 Å². The molecule has 1 aliphatic rings. The number of carbonyl (C=O) groups is 2. The highest BCUT2D eigenvalue weighted by atomic mass is 79.9. The summed E-state index contributed by atoms with van der Waals surface area (Å²) in [6.45, 7) is 3.56. The van der Waals surface area contributed by atoms with E-state index in [1.807, 2.05) is 12.1 Å². The second kappa shape index (κ2) is 11.5. The molecule has 0 radical (unpaired) electrons. The molecule has 38 heavy (non-hydrogen) atoms. The molecule has 12 heteroatoms. The Labute approximate surface area is 242 Å². The van der Waals surface area contributed by atoms with Crippen LogP contribution in [0.1, 0.15) is 13.8 Å². The number of thioether (sulfide) groups is 1. The number of halogens is 2. The van der Waals surface area contributed by atoms with Gasteiger partial charge in [-0.15, -0.1) is 0 Å². The highest BCUT2D eigenvalue weighted by Crippen LogP contribution is 2.37. The van der Waals surface area contributed by atoms with Crippen molar-refractivity contribution in [3.63, 3.8) is 0 Å². The van der Waals surface area contributed by atoms with E-state index in [0.29, 0.717) is 20.7 Å². The molecule has 0 spiro atoms. The SMILES string of the molecule is COc1ccc(Br)cc1S(=O)(=O)Nc1ccc(SC2=C(Nc3ccc(Br)cc3)C(=O)N(C(C)C)C2=O)cc1. The van der Waals surface area contributed by atoms with E-state index in [1.165, 1.54) is 18.1 Å². The molecule has 1 aliphatic heterocycles. The predicted molar refractivity (Wildman–Crippen MR) is 156 cm³/mol. The maximum Gasteiger partial charge on any atom is 0.278 e. The molecule has 2 amide bonds. The molecular formula is C26H23Br2N3O5S2. The number of hydrogen-bond donors (Lipinski definition) is 2. The van der Waals surface area contributed by atoms with Crippen molar-refractivity contribution in [3.8, 4) is 5.75 Å². The van der Waals surface area contributed by atoms with Crippen molar-refractivity contribution in [2.45, 2.75) is 29.7 Å². The van der Waals surface area contributed by atoms with Gasteiger partial charge in [0, 0.05) is 31.3 Å². The maximum absolute atomic E-state index is 13.2. The van der Waals surface area contributed by atoms with Crippen LogP contribution in [-0.2, 0) is 19.6 Å². The van der Waals surface area contributed by atoms with Crippen LogP contribution in [-0.4, -0.2) is 38.3 Å². The Morgan fingerprint density at radius 1 is 0.868 bits per heavy atom. The lowest BCUT2D eigenvalue weighted by Gasteiger charge is -2.19. The van der Waals surface area contributed by atoms with Gasteiger partial charge in [0.05, 0.1) is 7.11 Å². The average Bonchev–Trinajstić information content (AvgIpc) is 3.10. The van der Waals surface area contributed by atoms with E-state index in [9.17, 15) is 18.0 Å². The molecule has 0 atom stereocenters. The number of imide groups is 1. The Kier molecular flexibility index (Phi) is 8.55. The molecule has 0 saturated heterocycles. The van der Waals surface area contributed by atoms with Crippen LogP contribution in [0.4, 0.5) is 11.4 Å². The Morgan fingerprint density at radius 3 is 2.08 bits per heavy atom. The third-order valence-corrected chi connectivity index (χ3v) is 8.96. The van der Waals surface area contributed by atoms with Gasteiger partial charge in [0.25, 0.3) is 21.8 Å². The molecule has 198 valence electrons. The number of hydrogen-bond acceptors (Lipinski definition) is 7. The van der Waals surface area contributed by atoms with Crippen LogP contribution in [0.15, 0.2) is 96.1 Å². The van der Waals surface area contributed by atoms with E-state index in [4.69, 9.17) is 4.74 Å². The smallest absolute Gasteiger partial charge is 0.278 e. The molecule has 0 unspecified atom stereocenters. The zero-order valence-corrected chi connectivity index (χ0v) is 25.3. The largest absolute Gasteiger partial charge is 0.495 e. The summed E-state index contributed by atoms with van der Waals surface area (Å²) in [6.07, 6.45) is 0. The van der Waals surface area contributed by atoms with Gasteiger partial charge in [-0.05, 0) is 80.6 Å². The molecule has 0 saturated carbocycles. The first-order valence-corrected chi connectivity index (χ1v) is 15.2. The van der Waals surface area contributed by atoms with Crippen LogP contribution in [0.2, 0.25) is 0 Å². The van der Waals surface area contributed by atoms with Gasteiger partial charge in [-0.25, -0.2) is 8.42 Å². The summed E-state index contributed by atoms with van der Waals surface area (Å²) in [5, 5.41) is 3.10. The summed E-state index contributed by atoms with van der Waals surface area (Å²) >= 11 is 7.81. The number of benzene rings is 3. The minimum Gasteiger partial charge on any atom is -0.495 e. The molecule has 3 aromatic rings. The normalized spacial score (nSPS) is 13.9. The van der Waals surface area contributed by atoms with Gasteiger partial charge in [-0.1, -0.05) is 43.6 Å². The lowest BCUT2D eigenvalue weighted by Crippen LogP contribution is -2.38. The number of carbonyl (C=O) groups excluding carboxylic acids is 2. The minimum atomic E-state index is -3.93. The van der Waals surface area contributed by atoms with Gasteiger partial charge >= 0.3 is 0 Å². The fraction of sp³-hybridized carbons (Fsp3) is 0.154. The predicted octanol–water partition coefficient (Wildman–Crippen LogP) is 6.21. The first-order chi connectivity index (χ1) is 18.0. The quantitative estimate of drug-likeness (QED) is 0.259. The third kappa shape index (κ3) is 6.09. The number of ether oxygens (including phenoxy) is 1. The Bertz CT molecular complexity index is 1520. The van der Waals surface area contributed by atoms with Crippen LogP contribution in [0.5, 0.6) is 5.75 Å². The van der Waals surface area contributed by atoms with Crippen molar-refractivity contribution in [2.75, 3.05) is 17.1 Å². The summed E-state index contributed by atoms with van der Waals surface area (Å²) in [6, 6.07) is 18.2. The topological polar surface area (TPSA) is 105 Å². The van der Waals surface area contributed by atoms with Crippen LogP contribution in [0.3, 0.4) is 0 Å². The Morgan fingerprint density at radius 2 is 1.47 bits per heavy atom. The van der Waals surface area contributed by atoms with Crippen molar-refractivity contribution in [1.29, 1.82) is 0 Å². The highest BCUT2D eigenvalue weighted by Gasteiger charge is 2.40. The lowest BCUT2D eigenvalue weighted by atomic mass is 10.3. The van der Waals surface area contributed by atoms with Gasteiger partial charge in [0.2, 0.25) is 0 Å². The number of anilines is 2. The van der Waals surface area contributed by atoms with E-state index in [0.717, 1.165) is 16.2 Å². The molecule has 0 aromatic heterocycles. The summed E-state index contributed by atoms with van der Waals surface area (Å²) in [5.41, 5.74) is 1.19. The molecule has 4 rings (SSSR count). The third-order valence-electron chi connectivity index (χ3n) is 5.44. The summed E-state index contributed by atoms with van der Waals surface area (Å²) < 4.78 is 35.2. The monoisotopic (exact) mass is 679 g/mol. The summed E-state index contributed by atoms with van der Waals surface area (Å²) in [4.78, 5) is 28.4. The van der Waals surface area contributed by atoms with E-state index < -0.39 is 15.9 Å². The van der Waals surface area contributed by atoms with Gasteiger partial charge in [-0.2, -0.15) is 0 Å². The molecule has 1 heterocycles. The fourth-order valence-corrected chi connectivity index (χ4v) is 6.62. The standard InChI is InChI=1S/C26H23Br2N3O5S2/c1-15(2)31-25(32)23(29-18-7-4-16(27)5-8-18)24(26(31)33)37-20-11-9-19(10-12-20)30-38(34,35)22-14-17(28)6-13-21(22)36-3/h4-15,29-30H,1-3H3. The van der Waals surface area contributed by atoms with E-state index >= 15 is 0 Å². The first kappa shape index (κ1) is 28.2. The van der Waals surface area contributed by atoms with Crippen LogP contribution in [0.25, 0.3) is 0 Å². The molecule has 0 aliphatic carbocycles. The van der Waals surface area contributed by atoms with E-state index in [-0.39, 0.29) is 33.2 Å². The average molecular weight is 681 g/mol. The van der Waals surface area contributed by atoms with Crippen molar-refractivity contribution in [3.05, 3.63) is 86.3 Å². The zero-order valence-electron chi connectivity index (χ0n) is 20.5. The second-order valence-electron chi connectivity index (χ2n) is 8.44. The molecule has 8 nitrogen and oxygen atoms in total. The van der Waals surface area contributed by atoms with Gasteiger partial charge in [0.1, 0.15) is 21.2 Å². The van der Waals surface area contributed by atoms with Gasteiger partial charge < -0.3 is 10.1 Å². The summed E-state index contributed by atoms with van der Waals surface area (Å²) in [7, 11) is -2.53. The van der Waals surface area contributed by atoms with Gasteiger partial charge in [-0.3, -0.25) is 19.2 Å². The number of amides is 2. The first-order valence-electron chi connectivity index (χ1n) is 11.3. The summed E-state index contributed by atoms with van der Waals surface area (Å²) in [5.74, 6) is -0.575. The molecule has 0 bridgehead atoms. The minimum absolute atomic E-state index is 0.00881.